The fourth-order valence-corrected chi connectivity index (χ4v) is 1.64. The van der Waals surface area contributed by atoms with Crippen LogP contribution in [-0.4, -0.2) is 11.1 Å². The average molecular weight is 192 g/mol. The second-order valence-electron chi connectivity index (χ2n) is 3.23. The predicted molar refractivity (Wildman–Crippen MR) is 54.2 cm³/mol. The number of aryl methyl sites for hydroxylation is 1. The summed E-state index contributed by atoms with van der Waals surface area (Å²) in [6.45, 7) is 0.568. The Kier molecular flexibility index (Phi) is 2.13. The zero-order valence-electron chi connectivity index (χ0n) is 7.99. The van der Waals surface area contributed by atoms with Crippen molar-refractivity contribution in [3.8, 4) is 0 Å². The lowest BCUT2D eigenvalue weighted by atomic mass is 10.1. The minimum absolute atomic E-state index is 0.329. The molecule has 0 atom stereocenters. The van der Waals surface area contributed by atoms with Crippen molar-refractivity contribution >= 4 is 11.1 Å². The number of nitrogens with two attached hydrogens (primary N) is 1. The molecule has 0 aliphatic heterocycles. The van der Waals surface area contributed by atoms with Gasteiger partial charge in [-0.25, -0.2) is 4.79 Å². The van der Waals surface area contributed by atoms with Crippen molar-refractivity contribution in [1.29, 1.82) is 0 Å². The molecule has 0 unspecified atom stereocenters. The maximum Gasteiger partial charge on any atom is 0.419 e. The van der Waals surface area contributed by atoms with E-state index in [4.69, 9.17) is 10.2 Å². The fraction of sp³-hybridized carbons (Fsp3) is 0.300. The zero-order valence-corrected chi connectivity index (χ0v) is 7.99. The predicted octanol–water partition coefficient (Wildman–Crippen LogP) is 0.633. The van der Waals surface area contributed by atoms with Crippen molar-refractivity contribution in [2.24, 2.45) is 12.8 Å². The molecule has 1 aromatic carbocycles. The standard InChI is InChI=1S/C10H12N2O2/c1-12-9-7(5-6-11)3-2-4-8(9)14-10(12)13/h2-4H,5-6,11H2,1H3. The number of benzene rings is 1. The van der Waals surface area contributed by atoms with E-state index in [0.717, 1.165) is 17.5 Å². The minimum Gasteiger partial charge on any atom is -0.408 e. The van der Waals surface area contributed by atoms with E-state index in [1.807, 2.05) is 12.1 Å². The molecule has 0 aliphatic rings. The van der Waals surface area contributed by atoms with Gasteiger partial charge in [0.05, 0.1) is 5.52 Å². The van der Waals surface area contributed by atoms with Gasteiger partial charge in [0.2, 0.25) is 0 Å². The van der Waals surface area contributed by atoms with Gasteiger partial charge >= 0.3 is 5.76 Å². The SMILES string of the molecule is Cn1c(=O)oc2cccc(CCN)c21. The maximum atomic E-state index is 11.3. The number of hydrogen-bond donors (Lipinski definition) is 1. The van der Waals surface area contributed by atoms with Crippen LogP contribution in [0.15, 0.2) is 27.4 Å². The molecule has 0 amide bonds. The summed E-state index contributed by atoms with van der Waals surface area (Å²) in [6.07, 6.45) is 0.754. The molecule has 4 heteroatoms. The molecule has 2 aromatic rings. The lowest BCUT2D eigenvalue weighted by Gasteiger charge is -2.00. The van der Waals surface area contributed by atoms with Crippen molar-refractivity contribution in [2.75, 3.05) is 6.54 Å². The Morgan fingerprint density at radius 2 is 2.29 bits per heavy atom. The summed E-state index contributed by atoms with van der Waals surface area (Å²) in [5.41, 5.74) is 8.02. The van der Waals surface area contributed by atoms with E-state index in [9.17, 15) is 4.79 Å². The average Bonchev–Trinajstić information content (AvgIpc) is 2.45. The maximum absolute atomic E-state index is 11.3. The van der Waals surface area contributed by atoms with Crippen LogP contribution in [0.25, 0.3) is 11.1 Å². The van der Waals surface area contributed by atoms with Gasteiger partial charge in [0.15, 0.2) is 5.58 Å². The molecule has 14 heavy (non-hydrogen) atoms. The normalized spacial score (nSPS) is 11.0. The first-order chi connectivity index (χ1) is 6.74. The third-order valence-electron chi connectivity index (χ3n) is 2.30. The highest BCUT2D eigenvalue weighted by Crippen LogP contribution is 2.16. The van der Waals surface area contributed by atoms with Crippen molar-refractivity contribution in [3.63, 3.8) is 0 Å². The van der Waals surface area contributed by atoms with Gasteiger partial charge in [0.25, 0.3) is 0 Å². The summed E-state index contributed by atoms with van der Waals surface area (Å²) in [7, 11) is 1.70. The van der Waals surface area contributed by atoms with Gasteiger partial charge in [-0.3, -0.25) is 4.57 Å². The second-order valence-corrected chi connectivity index (χ2v) is 3.23. The summed E-state index contributed by atoms with van der Waals surface area (Å²) in [5, 5.41) is 0. The van der Waals surface area contributed by atoms with E-state index in [2.05, 4.69) is 0 Å². The van der Waals surface area contributed by atoms with Crippen LogP contribution in [0, 0.1) is 0 Å². The number of oxazole rings is 1. The van der Waals surface area contributed by atoms with E-state index in [-0.39, 0.29) is 5.76 Å². The molecular formula is C10H12N2O2. The van der Waals surface area contributed by atoms with Gasteiger partial charge in [-0.1, -0.05) is 12.1 Å². The monoisotopic (exact) mass is 192 g/mol. The van der Waals surface area contributed by atoms with Gasteiger partial charge < -0.3 is 10.2 Å². The minimum atomic E-state index is -0.329. The largest absolute Gasteiger partial charge is 0.419 e. The summed E-state index contributed by atoms with van der Waals surface area (Å²) < 4.78 is 6.57. The molecule has 2 N–H and O–H groups in total. The van der Waals surface area contributed by atoms with Crippen LogP contribution < -0.4 is 11.5 Å². The number of aromatic nitrogens is 1. The number of rotatable bonds is 2. The molecular weight excluding hydrogens is 180 g/mol. The van der Waals surface area contributed by atoms with E-state index in [1.165, 1.54) is 4.57 Å². The third-order valence-corrected chi connectivity index (χ3v) is 2.30. The molecule has 0 saturated carbocycles. The Hall–Kier alpha value is -1.55. The lowest BCUT2D eigenvalue weighted by molar-refractivity contribution is 0.528. The summed E-state index contributed by atoms with van der Waals surface area (Å²) in [6, 6.07) is 5.62. The Morgan fingerprint density at radius 3 is 3.00 bits per heavy atom. The molecule has 0 aliphatic carbocycles. The third kappa shape index (κ3) is 1.24. The van der Waals surface area contributed by atoms with Crippen molar-refractivity contribution in [2.45, 2.75) is 6.42 Å². The van der Waals surface area contributed by atoms with E-state index in [1.54, 1.807) is 13.1 Å². The highest BCUT2D eigenvalue weighted by atomic mass is 16.4. The van der Waals surface area contributed by atoms with Crippen LogP contribution in [0.3, 0.4) is 0 Å². The van der Waals surface area contributed by atoms with Crippen LogP contribution >= 0.6 is 0 Å². The van der Waals surface area contributed by atoms with Gasteiger partial charge in [0.1, 0.15) is 0 Å². The first-order valence-corrected chi connectivity index (χ1v) is 4.51. The summed E-state index contributed by atoms with van der Waals surface area (Å²) in [5.74, 6) is -0.329. The second kappa shape index (κ2) is 3.31. The fourth-order valence-electron chi connectivity index (χ4n) is 1.64. The van der Waals surface area contributed by atoms with Crippen molar-refractivity contribution in [3.05, 3.63) is 34.3 Å². The molecule has 1 aromatic heterocycles. The van der Waals surface area contributed by atoms with Crippen molar-refractivity contribution in [1.82, 2.24) is 4.57 Å². The molecule has 0 radical (unpaired) electrons. The van der Waals surface area contributed by atoms with Crippen LogP contribution in [0.1, 0.15) is 5.56 Å². The Balaban J connectivity index is 2.77. The quantitative estimate of drug-likeness (QED) is 0.759. The lowest BCUT2D eigenvalue weighted by Crippen LogP contribution is -2.10. The van der Waals surface area contributed by atoms with Gasteiger partial charge in [-0.2, -0.15) is 0 Å². The number of hydrogen-bond acceptors (Lipinski definition) is 3. The molecule has 0 bridgehead atoms. The van der Waals surface area contributed by atoms with E-state index in [0.29, 0.717) is 12.1 Å². The van der Waals surface area contributed by atoms with Gasteiger partial charge in [-0.05, 0) is 24.6 Å². The van der Waals surface area contributed by atoms with Crippen molar-refractivity contribution < 1.29 is 4.42 Å². The zero-order chi connectivity index (χ0) is 10.1. The molecule has 74 valence electrons. The molecule has 0 spiro atoms. The van der Waals surface area contributed by atoms with Crippen LogP contribution in [-0.2, 0) is 13.5 Å². The highest BCUT2D eigenvalue weighted by molar-refractivity contribution is 5.76. The van der Waals surface area contributed by atoms with E-state index >= 15 is 0 Å². The highest BCUT2D eigenvalue weighted by Gasteiger charge is 2.08. The Bertz CT molecular complexity index is 510. The summed E-state index contributed by atoms with van der Waals surface area (Å²) in [4.78, 5) is 11.3. The molecule has 1 heterocycles. The Morgan fingerprint density at radius 1 is 1.50 bits per heavy atom. The molecule has 0 saturated heterocycles. The Labute approximate surface area is 80.9 Å². The smallest absolute Gasteiger partial charge is 0.408 e. The van der Waals surface area contributed by atoms with Crippen LogP contribution in [0.5, 0.6) is 0 Å². The van der Waals surface area contributed by atoms with E-state index < -0.39 is 0 Å². The van der Waals surface area contributed by atoms with Gasteiger partial charge in [0, 0.05) is 7.05 Å². The van der Waals surface area contributed by atoms with Crippen LogP contribution in [0.4, 0.5) is 0 Å². The first kappa shape index (κ1) is 9.02. The van der Waals surface area contributed by atoms with Gasteiger partial charge in [-0.15, -0.1) is 0 Å². The molecule has 2 rings (SSSR count). The molecule has 4 nitrogen and oxygen atoms in total. The number of para-hydroxylation sites is 1. The number of nitrogens with zero attached hydrogens (tertiary/aromatic N) is 1. The first-order valence-electron chi connectivity index (χ1n) is 4.51. The molecule has 0 fully saturated rings. The number of fused-ring (bicyclic) bond motifs is 1. The summed E-state index contributed by atoms with van der Waals surface area (Å²) >= 11 is 0. The topological polar surface area (TPSA) is 61.2 Å². The van der Waals surface area contributed by atoms with Crippen LogP contribution in [0.2, 0.25) is 0 Å².